The highest BCUT2D eigenvalue weighted by Gasteiger charge is 2.23. The summed E-state index contributed by atoms with van der Waals surface area (Å²) < 4.78 is 13.4. The van der Waals surface area contributed by atoms with Crippen LogP contribution in [-0.2, 0) is 11.2 Å². The molecule has 0 aliphatic rings. The number of hydrogen-bond donors (Lipinski definition) is 3. The van der Waals surface area contributed by atoms with Crippen LogP contribution in [0.4, 0.5) is 4.39 Å². The highest BCUT2D eigenvalue weighted by molar-refractivity contribution is 6.15. The molecule has 0 saturated heterocycles. The van der Waals surface area contributed by atoms with Gasteiger partial charge in [-0.15, -0.1) is 0 Å². The summed E-state index contributed by atoms with van der Waals surface area (Å²) in [5, 5.41) is 21.9. The van der Waals surface area contributed by atoms with Crippen molar-refractivity contribution in [1.82, 2.24) is 5.32 Å². The van der Waals surface area contributed by atoms with Gasteiger partial charge in [0.25, 0.3) is 0 Å². The van der Waals surface area contributed by atoms with Crippen molar-refractivity contribution in [2.24, 2.45) is 0 Å². The van der Waals surface area contributed by atoms with Gasteiger partial charge in [-0.05, 0) is 41.0 Å². The van der Waals surface area contributed by atoms with E-state index in [1.54, 1.807) is 18.2 Å². The van der Waals surface area contributed by atoms with E-state index in [-0.39, 0.29) is 12.2 Å². The van der Waals surface area contributed by atoms with Crippen LogP contribution in [0.15, 0.2) is 42.5 Å². The van der Waals surface area contributed by atoms with E-state index in [2.05, 4.69) is 5.32 Å². The number of amides is 1. The van der Waals surface area contributed by atoms with Gasteiger partial charge < -0.3 is 15.5 Å². The van der Waals surface area contributed by atoms with Crippen molar-refractivity contribution in [1.29, 1.82) is 0 Å². The molecule has 0 fully saturated rings. The van der Waals surface area contributed by atoms with Gasteiger partial charge in [0.15, 0.2) is 0 Å². The summed E-state index contributed by atoms with van der Waals surface area (Å²) in [5.41, 5.74) is -0.328. The summed E-state index contributed by atoms with van der Waals surface area (Å²) in [6, 6.07) is 10.3. The second-order valence-corrected chi connectivity index (χ2v) is 5.13. The van der Waals surface area contributed by atoms with Gasteiger partial charge in [0.2, 0.25) is 5.91 Å². The smallest absolute Gasteiger partial charge is 0.218 e. The third kappa shape index (κ3) is 4.08. The highest BCUT2D eigenvalue weighted by atomic mass is 19.1. The fraction of sp³-hybridized carbons (Fsp3) is 0.188. The normalized spacial score (nSPS) is 13.4. The largest absolute Gasteiger partial charge is 0.508 e. The zero-order valence-corrected chi connectivity index (χ0v) is 12.0. The Morgan fingerprint density at radius 3 is 2.68 bits per heavy atom. The molecular weight excluding hydrogens is 284 g/mol. The molecule has 22 heavy (non-hydrogen) atoms. The van der Waals surface area contributed by atoms with Crippen LogP contribution in [0.1, 0.15) is 12.5 Å². The molecule has 0 aliphatic carbocycles. The Bertz CT molecular complexity index is 704. The minimum atomic E-state index is -1.94. The van der Waals surface area contributed by atoms with Crippen molar-refractivity contribution in [3.8, 4) is 16.9 Å². The molecule has 0 aliphatic heterocycles. The number of carbonyl (C=O) groups is 1. The molecule has 112 valence electrons. The molecule has 2 rings (SSSR count). The zero-order valence-electron chi connectivity index (χ0n) is 12.0. The number of benzene rings is 2. The summed E-state index contributed by atoms with van der Waals surface area (Å²) >= 11 is 0. The SMILES string of the molecule is [B]C(O)(Cc1ccc(O)cc1-c1cccc(F)c1)NC(C)=O. The Morgan fingerprint density at radius 1 is 1.32 bits per heavy atom. The van der Waals surface area contributed by atoms with E-state index >= 15 is 0 Å². The van der Waals surface area contributed by atoms with Crippen molar-refractivity contribution in [2.45, 2.75) is 19.0 Å². The molecule has 3 N–H and O–H groups in total. The van der Waals surface area contributed by atoms with Gasteiger partial charge in [0, 0.05) is 13.3 Å². The molecule has 0 bridgehead atoms. The van der Waals surface area contributed by atoms with Gasteiger partial charge in [0.1, 0.15) is 19.4 Å². The van der Waals surface area contributed by atoms with Crippen molar-refractivity contribution in [3.63, 3.8) is 0 Å². The molecule has 0 aromatic heterocycles. The molecule has 2 radical (unpaired) electrons. The van der Waals surface area contributed by atoms with E-state index in [9.17, 15) is 19.4 Å². The number of rotatable bonds is 4. The standard InChI is InChI=1S/C16H15BFNO3/c1-10(20)19-16(17,22)9-12-5-6-14(21)8-15(12)11-3-2-4-13(18)7-11/h2-8,21-22H,9H2,1H3,(H,19,20). The molecule has 0 saturated carbocycles. The third-order valence-corrected chi connectivity index (χ3v) is 3.08. The second-order valence-electron chi connectivity index (χ2n) is 5.13. The van der Waals surface area contributed by atoms with Gasteiger partial charge in [-0.1, -0.05) is 18.2 Å². The minimum absolute atomic E-state index is 0.00287. The maximum Gasteiger partial charge on any atom is 0.218 e. The van der Waals surface area contributed by atoms with Crippen LogP contribution in [-0.4, -0.2) is 29.6 Å². The lowest BCUT2D eigenvalue weighted by molar-refractivity contribution is -0.123. The zero-order chi connectivity index (χ0) is 16.3. The fourth-order valence-corrected chi connectivity index (χ4v) is 2.28. The Hall–Kier alpha value is -2.34. The maximum absolute atomic E-state index is 13.4. The molecule has 4 nitrogen and oxygen atoms in total. The molecule has 0 spiro atoms. The Labute approximate surface area is 129 Å². The van der Waals surface area contributed by atoms with Crippen LogP contribution >= 0.6 is 0 Å². The summed E-state index contributed by atoms with van der Waals surface area (Å²) in [6.45, 7) is 1.24. The molecule has 1 amide bonds. The van der Waals surface area contributed by atoms with Crippen LogP contribution in [0.3, 0.4) is 0 Å². The van der Waals surface area contributed by atoms with Crippen LogP contribution in [0.25, 0.3) is 11.1 Å². The number of nitrogens with one attached hydrogen (secondary N) is 1. The highest BCUT2D eigenvalue weighted by Crippen LogP contribution is 2.29. The quantitative estimate of drug-likeness (QED) is 0.594. The number of aromatic hydroxyl groups is 1. The molecule has 0 heterocycles. The van der Waals surface area contributed by atoms with Gasteiger partial charge in [-0.3, -0.25) is 4.79 Å². The predicted molar refractivity (Wildman–Crippen MR) is 81.7 cm³/mol. The number of phenolic OH excluding ortho intramolecular Hbond substituents is 1. The number of halogens is 1. The van der Waals surface area contributed by atoms with Crippen LogP contribution in [0.5, 0.6) is 5.75 Å². The van der Waals surface area contributed by atoms with Crippen LogP contribution in [0.2, 0.25) is 0 Å². The van der Waals surface area contributed by atoms with Crippen molar-refractivity contribution in [3.05, 3.63) is 53.8 Å². The molecular formula is C16H15BFNO3. The number of aliphatic hydroxyl groups is 1. The average molecular weight is 299 g/mol. The fourth-order valence-electron chi connectivity index (χ4n) is 2.28. The number of phenols is 1. The summed E-state index contributed by atoms with van der Waals surface area (Å²) in [4.78, 5) is 11.1. The topological polar surface area (TPSA) is 69.6 Å². The Balaban J connectivity index is 2.42. The monoisotopic (exact) mass is 299 g/mol. The van der Waals surface area contributed by atoms with E-state index in [1.807, 2.05) is 0 Å². The van der Waals surface area contributed by atoms with E-state index in [1.165, 1.54) is 31.2 Å². The molecule has 1 unspecified atom stereocenters. The summed E-state index contributed by atoms with van der Waals surface area (Å²) in [6.07, 6.45) is -0.0985. The summed E-state index contributed by atoms with van der Waals surface area (Å²) in [5.74, 6) is -0.893. The van der Waals surface area contributed by atoms with E-state index < -0.39 is 17.3 Å². The van der Waals surface area contributed by atoms with Crippen LogP contribution in [0, 0.1) is 5.82 Å². The average Bonchev–Trinajstić information content (AvgIpc) is 2.39. The number of carbonyl (C=O) groups excluding carboxylic acids is 1. The molecule has 6 heteroatoms. The minimum Gasteiger partial charge on any atom is -0.508 e. The lowest BCUT2D eigenvalue weighted by Gasteiger charge is -2.26. The first-order chi connectivity index (χ1) is 10.3. The molecule has 2 aromatic rings. The second kappa shape index (κ2) is 6.19. The van der Waals surface area contributed by atoms with Crippen molar-refractivity contribution in [2.75, 3.05) is 0 Å². The van der Waals surface area contributed by atoms with E-state index in [0.717, 1.165) is 0 Å². The van der Waals surface area contributed by atoms with Gasteiger partial charge >= 0.3 is 0 Å². The van der Waals surface area contributed by atoms with E-state index in [4.69, 9.17) is 7.85 Å². The molecule has 2 aromatic carbocycles. The number of hydrogen-bond acceptors (Lipinski definition) is 3. The first-order valence-corrected chi connectivity index (χ1v) is 6.65. The third-order valence-electron chi connectivity index (χ3n) is 3.08. The Morgan fingerprint density at radius 2 is 2.05 bits per heavy atom. The predicted octanol–water partition coefficient (Wildman–Crippen LogP) is 1.69. The lowest BCUT2D eigenvalue weighted by atomic mass is 9.82. The first kappa shape index (κ1) is 16.0. The Kier molecular flexibility index (Phi) is 4.52. The molecule has 1 atom stereocenters. The van der Waals surface area contributed by atoms with Crippen LogP contribution < -0.4 is 5.32 Å². The summed E-state index contributed by atoms with van der Waals surface area (Å²) in [7, 11) is 5.65. The van der Waals surface area contributed by atoms with Gasteiger partial charge in [-0.2, -0.15) is 0 Å². The van der Waals surface area contributed by atoms with Crippen molar-refractivity contribution < 1.29 is 19.4 Å². The van der Waals surface area contributed by atoms with E-state index in [0.29, 0.717) is 16.7 Å². The van der Waals surface area contributed by atoms with Gasteiger partial charge in [0.05, 0.1) is 5.62 Å². The maximum atomic E-state index is 13.4. The first-order valence-electron chi connectivity index (χ1n) is 6.65. The lowest BCUT2D eigenvalue weighted by Crippen LogP contribution is -2.50. The van der Waals surface area contributed by atoms with Gasteiger partial charge in [-0.25, -0.2) is 4.39 Å². The van der Waals surface area contributed by atoms with Crippen molar-refractivity contribution >= 4 is 13.8 Å².